The summed E-state index contributed by atoms with van der Waals surface area (Å²) in [5.74, 6) is -2.19. The van der Waals surface area contributed by atoms with E-state index in [-0.39, 0.29) is 23.0 Å². The van der Waals surface area contributed by atoms with Gasteiger partial charge >= 0.3 is 5.97 Å². The number of carboxylic acids is 1. The summed E-state index contributed by atoms with van der Waals surface area (Å²) in [6.07, 6.45) is 7.39. The van der Waals surface area contributed by atoms with Gasteiger partial charge in [-0.05, 0) is 60.4 Å². The van der Waals surface area contributed by atoms with Crippen LogP contribution in [0, 0.1) is 17.6 Å². The van der Waals surface area contributed by atoms with Gasteiger partial charge in [0.1, 0.15) is 11.6 Å². The molecular formula is C22H19F2NO2. The van der Waals surface area contributed by atoms with E-state index in [0.29, 0.717) is 5.92 Å². The second kappa shape index (κ2) is 5.91. The van der Waals surface area contributed by atoms with Gasteiger partial charge in [0.2, 0.25) is 0 Å². The van der Waals surface area contributed by atoms with Crippen molar-refractivity contribution in [1.82, 2.24) is 0 Å². The molecule has 0 unspecified atom stereocenters. The number of nitrogens with one attached hydrogen (secondary N) is 1. The number of carboxylic acid groups (broad SMARTS) is 1. The third-order valence-corrected chi connectivity index (χ3v) is 6.07. The Morgan fingerprint density at radius 2 is 1.85 bits per heavy atom. The highest BCUT2D eigenvalue weighted by Gasteiger charge is 2.41. The van der Waals surface area contributed by atoms with Crippen molar-refractivity contribution in [2.45, 2.75) is 37.1 Å². The minimum atomic E-state index is -1.34. The number of hydrogen-bond acceptors (Lipinski definition) is 2. The fraction of sp³-hybridized carbons (Fsp3) is 0.318. The number of anilines is 1. The van der Waals surface area contributed by atoms with Crippen LogP contribution in [0.1, 0.15) is 64.2 Å². The van der Waals surface area contributed by atoms with Gasteiger partial charge in [-0.1, -0.05) is 24.3 Å². The van der Waals surface area contributed by atoms with Crippen LogP contribution >= 0.6 is 0 Å². The van der Waals surface area contributed by atoms with E-state index >= 15 is 0 Å². The Morgan fingerprint density at radius 3 is 2.52 bits per heavy atom. The molecular weight excluding hydrogens is 348 g/mol. The van der Waals surface area contributed by atoms with Crippen molar-refractivity contribution in [2.75, 3.05) is 5.32 Å². The molecule has 2 aromatic rings. The molecule has 1 aliphatic heterocycles. The standard InChI is InChI=1S/C22H19F2NO2/c23-17-9-13(22(26)27)10-18(24)20(17)21-15-3-1-2-14(15)16-8-12(11-4-5-11)6-7-19(16)25-21/h1-2,6-11,14-15,21,25H,3-5H2,(H,26,27)/t14-,15+,21-/m1/s1. The van der Waals surface area contributed by atoms with Crippen LogP contribution < -0.4 is 5.32 Å². The van der Waals surface area contributed by atoms with Crippen molar-refractivity contribution in [3.05, 3.63) is 76.4 Å². The smallest absolute Gasteiger partial charge is 0.335 e. The minimum Gasteiger partial charge on any atom is -0.478 e. The Kier molecular flexibility index (Phi) is 3.61. The van der Waals surface area contributed by atoms with E-state index in [1.54, 1.807) is 0 Å². The Balaban J connectivity index is 1.58. The minimum absolute atomic E-state index is 0.00614. The van der Waals surface area contributed by atoms with Gasteiger partial charge < -0.3 is 10.4 Å². The van der Waals surface area contributed by atoms with Crippen molar-refractivity contribution >= 4 is 11.7 Å². The molecule has 0 amide bonds. The zero-order valence-corrected chi connectivity index (χ0v) is 14.6. The highest BCUT2D eigenvalue weighted by Crippen LogP contribution is 2.52. The van der Waals surface area contributed by atoms with Crippen LogP contribution in [0.15, 0.2) is 42.5 Å². The second-order valence-electron chi connectivity index (χ2n) is 7.76. The van der Waals surface area contributed by atoms with E-state index in [9.17, 15) is 13.6 Å². The number of benzene rings is 2. The number of halogens is 2. The first-order valence-electron chi connectivity index (χ1n) is 9.32. The van der Waals surface area contributed by atoms with Crippen LogP contribution in [-0.2, 0) is 0 Å². The first kappa shape index (κ1) is 16.5. The lowest BCUT2D eigenvalue weighted by atomic mass is 9.76. The SMILES string of the molecule is O=C(O)c1cc(F)c([C@@H]2Nc3ccc(C4CC4)cc3[C@@H]3C=CC[C@@H]32)c(F)c1. The topological polar surface area (TPSA) is 49.3 Å². The summed E-state index contributed by atoms with van der Waals surface area (Å²) < 4.78 is 29.4. The monoisotopic (exact) mass is 367 g/mol. The van der Waals surface area contributed by atoms with Gasteiger partial charge in [0.15, 0.2) is 0 Å². The molecule has 0 saturated heterocycles. The zero-order valence-electron chi connectivity index (χ0n) is 14.6. The quantitative estimate of drug-likeness (QED) is 0.718. The summed E-state index contributed by atoms with van der Waals surface area (Å²) >= 11 is 0. The van der Waals surface area contributed by atoms with Gasteiger partial charge in [-0.2, -0.15) is 0 Å². The highest BCUT2D eigenvalue weighted by molar-refractivity contribution is 5.87. The second-order valence-corrected chi connectivity index (χ2v) is 7.76. The van der Waals surface area contributed by atoms with Crippen LogP contribution in [0.4, 0.5) is 14.5 Å². The van der Waals surface area contributed by atoms with Crippen molar-refractivity contribution < 1.29 is 18.7 Å². The lowest BCUT2D eigenvalue weighted by Gasteiger charge is -2.38. The molecule has 1 heterocycles. The predicted molar refractivity (Wildman–Crippen MR) is 98.1 cm³/mol. The van der Waals surface area contributed by atoms with Crippen LogP contribution in [0.25, 0.3) is 0 Å². The molecule has 3 aliphatic rings. The Hall–Kier alpha value is -2.69. The summed E-state index contributed by atoms with van der Waals surface area (Å²) in [7, 11) is 0. The highest BCUT2D eigenvalue weighted by atomic mass is 19.1. The zero-order chi connectivity index (χ0) is 18.7. The predicted octanol–water partition coefficient (Wildman–Crippen LogP) is 5.37. The van der Waals surface area contributed by atoms with E-state index in [4.69, 9.17) is 5.11 Å². The number of aromatic carboxylic acids is 1. The first-order chi connectivity index (χ1) is 13.0. The Bertz CT molecular complexity index is 957. The molecule has 5 rings (SSSR count). The third-order valence-electron chi connectivity index (χ3n) is 6.07. The number of rotatable bonds is 3. The molecule has 0 aromatic heterocycles. The molecule has 27 heavy (non-hydrogen) atoms. The van der Waals surface area contributed by atoms with E-state index < -0.39 is 23.6 Å². The third kappa shape index (κ3) is 2.64. The fourth-order valence-corrected chi connectivity index (χ4v) is 4.57. The summed E-state index contributed by atoms with van der Waals surface area (Å²) in [5, 5.41) is 12.4. The van der Waals surface area contributed by atoms with E-state index in [2.05, 4.69) is 29.6 Å². The summed E-state index contributed by atoms with van der Waals surface area (Å²) in [5.41, 5.74) is 2.99. The molecule has 3 atom stereocenters. The van der Waals surface area contributed by atoms with E-state index in [1.165, 1.54) is 24.0 Å². The van der Waals surface area contributed by atoms with Gasteiger partial charge in [0.25, 0.3) is 0 Å². The molecule has 2 aromatic carbocycles. The lowest BCUT2D eigenvalue weighted by molar-refractivity contribution is 0.0695. The van der Waals surface area contributed by atoms with Gasteiger partial charge in [-0.3, -0.25) is 0 Å². The first-order valence-corrected chi connectivity index (χ1v) is 9.32. The number of fused-ring (bicyclic) bond motifs is 3. The molecule has 2 N–H and O–H groups in total. The molecule has 2 aliphatic carbocycles. The normalized spacial score (nSPS) is 25.6. The summed E-state index contributed by atoms with van der Waals surface area (Å²) in [6, 6.07) is 7.63. The van der Waals surface area contributed by atoms with Crippen molar-refractivity contribution in [2.24, 2.45) is 5.92 Å². The average Bonchev–Trinajstić information content (AvgIpc) is 3.36. The molecule has 0 spiro atoms. The Labute approximate surface area is 155 Å². The molecule has 1 fully saturated rings. The van der Waals surface area contributed by atoms with Crippen LogP contribution in [0.2, 0.25) is 0 Å². The fourth-order valence-electron chi connectivity index (χ4n) is 4.57. The molecule has 0 bridgehead atoms. The maximum absolute atomic E-state index is 14.7. The molecule has 3 nitrogen and oxygen atoms in total. The van der Waals surface area contributed by atoms with Crippen LogP contribution in [-0.4, -0.2) is 11.1 Å². The number of hydrogen-bond donors (Lipinski definition) is 2. The summed E-state index contributed by atoms with van der Waals surface area (Å²) in [4.78, 5) is 11.1. The largest absolute Gasteiger partial charge is 0.478 e. The van der Waals surface area contributed by atoms with Crippen LogP contribution in [0.3, 0.4) is 0 Å². The maximum atomic E-state index is 14.7. The summed E-state index contributed by atoms with van der Waals surface area (Å²) in [6.45, 7) is 0. The molecule has 5 heteroatoms. The lowest BCUT2D eigenvalue weighted by Crippen LogP contribution is -2.30. The average molecular weight is 367 g/mol. The van der Waals surface area contributed by atoms with E-state index in [0.717, 1.165) is 24.2 Å². The van der Waals surface area contributed by atoms with Crippen molar-refractivity contribution in [1.29, 1.82) is 0 Å². The number of allylic oxidation sites excluding steroid dienone is 2. The van der Waals surface area contributed by atoms with Gasteiger partial charge in [-0.25, -0.2) is 13.6 Å². The van der Waals surface area contributed by atoms with Crippen LogP contribution in [0.5, 0.6) is 0 Å². The molecule has 138 valence electrons. The van der Waals surface area contributed by atoms with E-state index in [1.807, 2.05) is 6.07 Å². The maximum Gasteiger partial charge on any atom is 0.335 e. The molecule has 1 saturated carbocycles. The van der Waals surface area contributed by atoms with Crippen molar-refractivity contribution in [3.8, 4) is 0 Å². The number of carbonyl (C=O) groups is 1. The van der Waals surface area contributed by atoms with Gasteiger partial charge in [-0.15, -0.1) is 0 Å². The van der Waals surface area contributed by atoms with Crippen molar-refractivity contribution in [3.63, 3.8) is 0 Å². The Morgan fingerprint density at radius 1 is 1.11 bits per heavy atom. The van der Waals surface area contributed by atoms with Gasteiger partial charge in [0.05, 0.1) is 11.6 Å². The molecule has 0 radical (unpaired) electrons. The van der Waals surface area contributed by atoms with Gasteiger partial charge in [0, 0.05) is 17.2 Å².